The molecule has 290 valence electrons. The van der Waals surface area contributed by atoms with Gasteiger partial charge in [0.15, 0.2) is 6.10 Å². The van der Waals surface area contributed by atoms with Crippen LogP contribution < -0.4 is 0 Å². The lowest BCUT2D eigenvalue weighted by Gasteiger charge is -2.24. The topological polar surface area (TPSA) is 108 Å². The maximum absolute atomic E-state index is 12.5. The number of carbonyl (C=O) groups is 2. The van der Waals surface area contributed by atoms with Crippen LogP contribution in [0.2, 0.25) is 0 Å². The van der Waals surface area contributed by atoms with Crippen LogP contribution in [0.5, 0.6) is 0 Å². The Kier molecular flexibility index (Phi) is 31.5. The highest BCUT2D eigenvalue weighted by Gasteiger charge is 2.26. The lowest BCUT2D eigenvalue weighted by atomic mass is 10.1. The lowest BCUT2D eigenvalue weighted by Crippen LogP contribution is -2.37. The number of quaternary nitrogens is 1. The first-order valence-electron chi connectivity index (χ1n) is 19.4. The van der Waals surface area contributed by atoms with E-state index in [0.29, 0.717) is 11.0 Å². The Morgan fingerprint density at radius 1 is 0.620 bits per heavy atom. The van der Waals surface area contributed by atoms with E-state index >= 15 is 0 Å². The third kappa shape index (κ3) is 35.8. The van der Waals surface area contributed by atoms with E-state index in [9.17, 15) is 19.0 Å². The number of carbonyl (C=O) groups excluding carboxylic acids is 2. The predicted molar refractivity (Wildman–Crippen MR) is 206 cm³/mol. The van der Waals surface area contributed by atoms with Crippen LogP contribution in [0.1, 0.15) is 142 Å². The summed E-state index contributed by atoms with van der Waals surface area (Å²) in [5.41, 5.74) is 0. The van der Waals surface area contributed by atoms with Crippen molar-refractivity contribution in [2.75, 3.05) is 47.5 Å². The second-order valence-corrected chi connectivity index (χ2v) is 15.6. The van der Waals surface area contributed by atoms with E-state index in [0.717, 1.165) is 25.7 Å². The van der Waals surface area contributed by atoms with E-state index in [1.165, 1.54) is 115 Å². The van der Waals surface area contributed by atoms with Crippen LogP contribution in [0, 0.1) is 0 Å². The summed E-state index contributed by atoms with van der Waals surface area (Å²) in [6.45, 7) is 4.13. The van der Waals surface area contributed by atoms with Gasteiger partial charge in [0, 0.05) is 12.2 Å². The summed E-state index contributed by atoms with van der Waals surface area (Å²) in [6, 6.07) is 0. The number of likely N-dealkylation sites (N-methyl/N-ethyl adjacent to an activating group) is 1. The average Bonchev–Trinajstić information content (AvgIpc) is 3.06. The van der Waals surface area contributed by atoms with Crippen LogP contribution >= 0.6 is 7.82 Å². The quantitative estimate of drug-likeness (QED) is 0.0174. The lowest BCUT2D eigenvalue weighted by molar-refractivity contribution is -0.870. The van der Waals surface area contributed by atoms with Crippen molar-refractivity contribution in [2.24, 2.45) is 0 Å². The fourth-order valence-corrected chi connectivity index (χ4v) is 5.69. The Labute approximate surface area is 305 Å². The standard InChI is InChI=1S/C40H72NO8P/c1-6-8-10-12-14-16-18-20-22-24-26-28-30-32-39(42)46-36-38(37-48-50(44,45)47-35-34-41(3,4)5)49-40(43)33-31-29-27-25-23-21-19-17-15-13-11-9-7-2/h26-33,38H,6-25,34-37H2,1-5H3/p+1/t38-/m1/s1. The predicted octanol–water partition coefficient (Wildman–Crippen LogP) is 10.3. The summed E-state index contributed by atoms with van der Waals surface area (Å²) < 4.78 is 33.7. The van der Waals surface area contributed by atoms with Gasteiger partial charge in [0.25, 0.3) is 0 Å². The van der Waals surface area contributed by atoms with Gasteiger partial charge in [-0.1, -0.05) is 153 Å². The number of phosphoric acid groups is 1. The zero-order valence-corrected chi connectivity index (χ0v) is 33.3. The molecule has 0 amide bonds. The van der Waals surface area contributed by atoms with Crippen molar-refractivity contribution in [1.29, 1.82) is 0 Å². The van der Waals surface area contributed by atoms with Crippen LogP contribution in [-0.4, -0.2) is 74.9 Å². The molecule has 1 unspecified atom stereocenters. The fraction of sp³-hybridized carbons (Fsp3) is 0.750. The minimum Gasteiger partial charge on any atom is -0.458 e. The highest BCUT2D eigenvalue weighted by molar-refractivity contribution is 7.47. The summed E-state index contributed by atoms with van der Waals surface area (Å²) in [5, 5.41) is 0. The van der Waals surface area contributed by atoms with Gasteiger partial charge in [-0.3, -0.25) is 9.05 Å². The molecule has 0 fully saturated rings. The molecular formula is C40H73NO8P+. The number of rotatable bonds is 34. The molecule has 50 heavy (non-hydrogen) atoms. The van der Waals surface area contributed by atoms with Gasteiger partial charge in [-0.05, 0) is 25.7 Å². The molecule has 0 aromatic rings. The molecule has 0 aliphatic heterocycles. The molecule has 0 saturated heterocycles. The van der Waals surface area contributed by atoms with Crippen LogP contribution in [0.15, 0.2) is 48.6 Å². The Balaban J connectivity index is 4.67. The number of hydrogen-bond acceptors (Lipinski definition) is 7. The fourth-order valence-electron chi connectivity index (χ4n) is 4.95. The number of nitrogens with zero attached hydrogens (tertiary/aromatic N) is 1. The summed E-state index contributed by atoms with van der Waals surface area (Å²) in [7, 11) is 1.38. The van der Waals surface area contributed by atoms with Crippen molar-refractivity contribution in [1.82, 2.24) is 0 Å². The van der Waals surface area contributed by atoms with Crippen LogP contribution in [0.3, 0.4) is 0 Å². The molecule has 0 aliphatic carbocycles. The van der Waals surface area contributed by atoms with Gasteiger partial charge >= 0.3 is 19.8 Å². The summed E-state index contributed by atoms with van der Waals surface area (Å²) in [6.07, 6.45) is 37.1. The van der Waals surface area contributed by atoms with Gasteiger partial charge in [0.2, 0.25) is 0 Å². The van der Waals surface area contributed by atoms with Crippen LogP contribution in [0.25, 0.3) is 0 Å². The molecule has 0 aromatic heterocycles. The Morgan fingerprint density at radius 2 is 1.06 bits per heavy atom. The summed E-state index contributed by atoms with van der Waals surface area (Å²) in [4.78, 5) is 34.9. The minimum absolute atomic E-state index is 0.00226. The maximum atomic E-state index is 12.5. The molecule has 0 heterocycles. The van der Waals surface area contributed by atoms with Crippen molar-refractivity contribution in [3.8, 4) is 0 Å². The molecular weight excluding hydrogens is 653 g/mol. The van der Waals surface area contributed by atoms with Crippen molar-refractivity contribution >= 4 is 19.8 Å². The van der Waals surface area contributed by atoms with Crippen molar-refractivity contribution < 1.29 is 42.1 Å². The zero-order valence-electron chi connectivity index (χ0n) is 32.4. The van der Waals surface area contributed by atoms with Gasteiger partial charge in [-0.2, -0.15) is 0 Å². The minimum atomic E-state index is -4.41. The SMILES string of the molecule is CCCCCCCCCCCC=CC=CC(=O)OC[C@H](COP(=O)(O)OCC[N+](C)(C)C)OC(=O)C=CC=CCCCCCCCCCCC. The van der Waals surface area contributed by atoms with E-state index < -0.39 is 32.5 Å². The van der Waals surface area contributed by atoms with E-state index in [-0.39, 0.29) is 13.2 Å². The molecule has 0 radical (unpaired) electrons. The average molecular weight is 727 g/mol. The Hall–Kier alpha value is -2.03. The third-order valence-electron chi connectivity index (χ3n) is 8.04. The van der Waals surface area contributed by atoms with Gasteiger partial charge < -0.3 is 18.9 Å². The molecule has 9 nitrogen and oxygen atoms in total. The third-order valence-corrected chi connectivity index (χ3v) is 9.03. The number of ether oxygens (including phenoxy) is 2. The second kappa shape index (κ2) is 32.8. The Bertz CT molecular complexity index is 1000. The molecule has 0 aromatic carbocycles. The molecule has 0 spiro atoms. The van der Waals surface area contributed by atoms with Crippen molar-refractivity contribution in [2.45, 2.75) is 148 Å². The zero-order chi connectivity index (χ0) is 37.2. The van der Waals surface area contributed by atoms with Crippen molar-refractivity contribution in [3.63, 3.8) is 0 Å². The van der Waals surface area contributed by atoms with Gasteiger partial charge in [0.1, 0.15) is 19.8 Å². The number of allylic oxidation sites excluding steroid dienone is 6. The molecule has 0 aliphatic rings. The smallest absolute Gasteiger partial charge is 0.458 e. The highest BCUT2D eigenvalue weighted by atomic mass is 31.2. The van der Waals surface area contributed by atoms with E-state index in [1.807, 2.05) is 39.4 Å². The number of hydrogen-bond donors (Lipinski definition) is 1. The van der Waals surface area contributed by atoms with E-state index in [2.05, 4.69) is 13.8 Å². The number of unbranched alkanes of at least 4 members (excludes halogenated alkanes) is 18. The summed E-state index contributed by atoms with van der Waals surface area (Å²) >= 11 is 0. The normalized spacial score (nSPS) is 14.3. The van der Waals surface area contributed by atoms with Crippen LogP contribution in [0.4, 0.5) is 0 Å². The van der Waals surface area contributed by atoms with Crippen molar-refractivity contribution in [3.05, 3.63) is 48.6 Å². The van der Waals surface area contributed by atoms with Gasteiger partial charge in [-0.25, -0.2) is 14.2 Å². The summed E-state index contributed by atoms with van der Waals surface area (Å²) in [5.74, 6) is -1.31. The van der Waals surface area contributed by atoms with Gasteiger partial charge in [0.05, 0.1) is 27.7 Å². The maximum Gasteiger partial charge on any atom is 0.472 e. The Morgan fingerprint density at radius 3 is 1.52 bits per heavy atom. The largest absolute Gasteiger partial charge is 0.472 e. The molecule has 10 heteroatoms. The molecule has 0 bridgehead atoms. The highest BCUT2D eigenvalue weighted by Crippen LogP contribution is 2.43. The van der Waals surface area contributed by atoms with E-state index in [1.54, 1.807) is 18.2 Å². The monoisotopic (exact) mass is 727 g/mol. The molecule has 2 atom stereocenters. The molecule has 0 rings (SSSR count). The van der Waals surface area contributed by atoms with Crippen LogP contribution in [-0.2, 0) is 32.7 Å². The second-order valence-electron chi connectivity index (χ2n) is 14.1. The first-order valence-corrected chi connectivity index (χ1v) is 20.9. The number of esters is 2. The first kappa shape index (κ1) is 48.0. The van der Waals surface area contributed by atoms with Gasteiger partial charge in [-0.15, -0.1) is 0 Å². The number of phosphoric ester groups is 1. The molecule has 1 N–H and O–H groups in total. The molecule has 0 saturated carbocycles. The van der Waals surface area contributed by atoms with E-state index in [4.69, 9.17) is 18.5 Å². The first-order chi connectivity index (χ1) is 24.0.